The van der Waals surface area contributed by atoms with Crippen LogP contribution in [0, 0.1) is 18.8 Å². The molecule has 8 heteroatoms. The van der Waals surface area contributed by atoms with Crippen LogP contribution in [0.15, 0.2) is 28.0 Å². The number of rotatable bonds is 9. The third-order valence-electron chi connectivity index (χ3n) is 7.04. The second kappa shape index (κ2) is 11.9. The Morgan fingerprint density at radius 3 is 2.50 bits per heavy atom. The Balaban J connectivity index is 1.66. The van der Waals surface area contributed by atoms with E-state index in [1.54, 1.807) is 15.4 Å². The minimum atomic E-state index is -0.147. The lowest BCUT2D eigenvalue weighted by molar-refractivity contribution is -0.122. The van der Waals surface area contributed by atoms with E-state index in [9.17, 15) is 9.59 Å². The highest BCUT2D eigenvalue weighted by atomic mass is 32.2. The number of thioether (sulfide) groups is 1. The van der Waals surface area contributed by atoms with Gasteiger partial charge in [-0.05, 0) is 49.3 Å². The number of carbonyl (C=O) groups excluding carboxylic acids is 1. The Hall–Kier alpha value is -2.19. The average Bonchev–Trinajstić information content (AvgIpc) is 3.09. The van der Waals surface area contributed by atoms with Crippen molar-refractivity contribution in [2.45, 2.75) is 72.6 Å². The largest absolute Gasteiger partial charge is 0.355 e. The number of unbranched alkanes of at least 4 members (excludes halogenated alkanes) is 5. The first-order valence-electron chi connectivity index (χ1n) is 13.3. The summed E-state index contributed by atoms with van der Waals surface area (Å²) in [5.41, 5.74) is 1.93. The highest BCUT2D eigenvalue weighted by Crippen LogP contribution is 2.35. The van der Waals surface area contributed by atoms with Crippen LogP contribution < -0.4 is 10.5 Å². The molecule has 1 amide bonds. The summed E-state index contributed by atoms with van der Waals surface area (Å²) in [7, 11) is 0. The Bertz CT molecular complexity index is 1210. The van der Waals surface area contributed by atoms with Crippen LogP contribution in [0.3, 0.4) is 0 Å². The van der Waals surface area contributed by atoms with Crippen molar-refractivity contribution in [3.8, 4) is 0 Å². The van der Waals surface area contributed by atoms with Crippen LogP contribution in [0.5, 0.6) is 0 Å². The zero-order valence-electron chi connectivity index (χ0n) is 22.0. The van der Waals surface area contributed by atoms with Gasteiger partial charge in [-0.1, -0.05) is 82.9 Å². The first-order chi connectivity index (χ1) is 17.3. The van der Waals surface area contributed by atoms with Crippen molar-refractivity contribution >= 4 is 51.7 Å². The van der Waals surface area contributed by atoms with Crippen LogP contribution in [0.2, 0.25) is 0 Å². The summed E-state index contributed by atoms with van der Waals surface area (Å²) < 4.78 is 2.17. The van der Waals surface area contributed by atoms with Crippen molar-refractivity contribution in [2.24, 2.45) is 11.8 Å². The summed E-state index contributed by atoms with van der Waals surface area (Å²) in [5, 5.41) is 0. The molecule has 4 rings (SSSR count). The SMILES string of the molecule is CCCCCCCCN1C(=O)/C(=C\c2c(N3C[C@H](C)C[C@@H](C)C3)nc3ccc(C)cn3c2=O)SC1=S. The molecule has 2 aromatic heterocycles. The third kappa shape index (κ3) is 6.02. The lowest BCUT2D eigenvalue weighted by Gasteiger charge is -2.36. The maximum absolute atomic E-state index is 13.7. The van der Waals surface area contributed by atoms with Gasteiger partial charge in [0, 0.05) is 25.8 Å². The van der Waals surface area contributed by atoms with Crippen molar-refractivity contribution in [3.63, 3.8) is 0 Å². The molecule has 0 unspecified atom stereocenters. The smallest absolute Gasteiger partial charge is 0.267 e. The molecule has 2 aliphatic rings. The summed E-state index contributed by atoms with van der Waals surface area (Å²) in [6.45, 7) is 11.0. The molecule has 0 bridgehead atoms. The molecule has 36 heavy (non-hydrogen) atoms. The second-order valence-corrected chi connectivity index (χ2v) is 12.2. The molecule has 194 valence electrons. The fourth-order valence-corrected chi connectivity index (χ4v) is 6.61. The van der Waals surface area contributed by atoms with Gasteiger partial charge in [-0.2, -0.15) is 0 Å². The lowest BCUT2D eigenvalue weighted by Crippen LogP contribution is -2.40. The van der Waals surface area contributed by atoms with E-state index in [0.717, 1.165) is 37.9 Å². The van der Waals surface area contributed by atoms with Crippen LogP contribution in [0.4, 0.5) is 5.82 Å². The Morgan fingerprint density at radius 1 is 1.08 bits per heavy atom. The Morgan fingerprint density at radius 2 is 1.78 bits per heavy atom. The summed E-state index contributed by atoms with van der Waals surface area (Å²) >= 11 is 6.86. The van der Waals surface area contributed by atoms with Crippen LogP contribution in [0.25, 0.3) is 11.7 Å². The summed E-state index contributed by atoms with van der Waals surface area (Å²) in [4.78, 5) is 36.4. The fourth-order valence-electron chi connectivity index (χ4n) is 5.32. The minimum Gasteiger partial charge on any atom is -0.355 e. The monoisotopic (exact) mass is 526 g/mol. The fraction of sp³-hybridized carbons (Fsp3) is 0.571. The number of fused-ring (bicyclic) bond motifs is 1. The van der Waals surface area contributed by atoms with Gasteiger partial charge in [0.2, 0.25) is 0 Å². The van der Waals surface area contributed by atoms with E-state index in [4.69, 9.17) is 17.2 Å². The molecule has 2 aliphatic heterocycles. The lowest BCUT2D eigenvalue weighted by atomic mass is 9.91. The first-order valence-corrected chi connectivity index (χ1v) is 14.5. The van der Waals surface area contributed by atoms with E-state index < -0.39 is 0 Å². The molecular weight excluding hydrogens is 488 g/mol. The van der Waals surface area contributed by atoms with Gasteiger partial charge in [-0.15, -0.1) is 0 Å². The van der Waals surface area contributed by atoms with Gasteiger partial charge in [0.1, 0.15) is 15.8 Å². The van der Waals surface area contributed by atoms with Crippen LogP contribution in [-0.2, 0) is 4.79 Å². The number of aryl methyl sites for hydroxylation is 1. The van der Waals surface area contributed by atoms with Crippen molar-refractivity contribution in [1.29, 1.82) is 0 Å². The quantitative estimate of drug-likeness (QED) is 0.225. The first kappa shape index (κ1) is 26.9. The standard InChI is InChI=1S/C28H38N4O2S2/c1-5-6-7-8-9-10-13-31-27(34)23(36-28(31)35)15-22-25(30-16-20(3)14-21(4)17-30)29-24-12-11-19(2)18-32(24)26(22)33/h11-12,15,18,20-21H,5-10,13-14,16-17H2,1-4H3/b23-15+/t20-,21-/m1/s1. The normalized spacial score (nSPS) is 21.8. The third-order valence-corrected chi connectivity index (χ3v) is 8.42. The predicted octanol–water partition coefficient (Wildman–Crippen LogP) is 6.05. The number of nitrogens with zero attached hydrogens (tertiary/aromatic N) is 4. The molecule has 0 N–H and O–H groups in total. The van der Waals surface area contributed by atoms with Gasteiger partial charge in [0.05, 0.1) is 10.5 Å². The van der Waals surface area contributed by atoms with Gasteiger partial charge >= 0.3 is 0 Å². The van der Waals surface area contributed by atoms with Gasteiger partial charge < -0.3 is 4.90 Å². The van der Waals surface area contributed by atoms with Crippen LogP contribution in [-0.4, -0.2) is 44.1 Å². The van der Waals surface area contributed by atoms with Gasteiger partial charge in [0.15, 0.2) is 0 Å². The molecule has 2 atom stereocenters. The molecule has 4 heterocycles. The molecule has 2 fully saturated rings. The molecule has 0 aliphatic carbocycles. The zero-order chi connectivity index (χ0) is 25.8. The van der Waals surface area contributed by atoms with E-state index in [0.29, 0.717) is 44.6 Å². The minimum absolute atomic E-state index is 0.0985. The molecule has 2 saturated heterocycles. The van der Waals surface area contributed by atoms with E-state index in [1.165, 1.54) is 37.4 Å². The predicted molar refractivity (Wildman–Crippen MR) is 155 cm³/mol. The van der Waals surface area contributed by atoms with Gasteiger partial charge in [-0.25, -0.2) is 4.98 Å². The second-order valence-electron chi connectivity index (χ2n) is 10.5. The van der Waals surface area contributed by atoms with Crippen LogP contribution in [0.1, 0.15) is 76.8 Å². The van der Waals surface area contributed by atoms with Crippen molar-refractivity contribution < 1.29 is 4.79 Å². The van der Waals surface area contributed by atoms with E-state index >= 15 is 0 Å². The number of piperidine rings is 1. The number of thiocarbonyl (C=S) groups is 1. The number of aromatic nitrogens is 2. The molecule has 0 radical (unpaired) electrons. The number of anilines is 1. The molecule has 6 nitrogen and oxygen atoms in total. The topological polar surface area (TPSA) is 57.9 Å². The highest BCUT2D eigenvalue weighted by Gasteiger charge is 2.33. The Kier molecular flexibility index (Phi) is 8.88. The van der Waals surface area contributed by atoms with E-state index in [2.05, 4.69) is 25.7 Å². The number of hydrogen-bond donors (Lipinski definition) is 0. The van der Waals surface area contributed by atoms with Crippen molar-refractivity contribution in [1.82, 2.24) is 14.3 Å². The van der Waals surface area contributed by atoms with Crippen LogP contribution >= 0.6 is 24.0 Å². The zero-order valence-corrected chi connectivity index (χ0v) is 23.6. The number of carbonyl (C=O) groups is 1. The molecule has 2 aromatic rings. The van der Waals surface area contributed by atoms with E-state index in [-0.39, 0.29) is 11.5 Å². The molecule has 0 spiro atoms. The maximum atomic E-state index is 13.7. The summed E-state index contributed by atoms with van der Waals surface area (Å²) in [6, 6.07) is 3.86. The number of hydrogen-bond acceptors (Lipinski definition) is 6. The molecular formula is C28H38N4O2S2. The van der Waals surface area contributed by atoms with Crippen molar-refractivity contribution in [3.05, 3.63) is 44.7 Å². The Labute approximate surface area is 224 Å². The average molecular weight is 527 g/mol. The molecule has 0 saturated carbocycles. The summed E-state index contributed by atoms with van der Waals surface area (Å²) in [5.74, 6) is 1.59. The molecule has 0 aromatic carbocycles. The highest BCUT2D eigenvalue weighted by molar-refractivity contribution is 8.26. The maximum Gasteiger partial charge on any atom is 0.267 e. The van der Waals surface area contributed by atoms with Gasteiger partial charge in [0.25, 0.3) is 11.5 Å². The summed E-state index contributed by atoms with van der Waals surface area (Å²) in [6.07, 6.45) is 11.7. The van der Waals surface area contributed by atoms with Gasteiger partial charge in [-0.3, -0.25) is 18.9 Å². The number of amides is 1. The van der Waals surface area contributed by atoms with E-state index in [1.807, 2.05) is 25.3 Å². The van der Waals surface area contributed by atoms with Crippen molar-refractivity contribution in [2.75, 3.05) is 24.5 Å². The number of pyridine rings is 1.